The van der Waals surface area contributed by atoms with E-state index in [2.05, 4.69) is 10.6 Å². The molecule has 0 fully saturated rings. The summed E-state index contributed by atoms with van der Waals surface area (Å²) in [4.78, 5) is 37.1. The molecule has 0 bridgehead atoms. The highest BCUT2D eigenvalue weighted by molar-refractivity contribution is 7.98. The van der Waals surface area contributed by atoms with Crippen LogP contribution in [-0.4, -0.2) is 44.3 Å². The van der Waals surface area contributed by atoms with Gasteiger partial charge in [0.25, 0.3) is 5.91 Å². The Bertz CT molecular complexity index is 894. The van der Waals surface area contributed by atoms with Crippen molar-refractivity contribution in [2.75, 3.05) is 31.8 Å². The molecule has 0 aliphatic carbocycles. The van der Waals surface area contributed by atoms with Gasteiger partial charge in [0.15, 0.2) is 6.61 Å². The molecule has 0 aliphatic rings. The first-order chi connectivity index (χ1) is 13.8. The lowest BCUT2D eigenvalue weighted by atomic mass is 10.1. The first kappa shape index (κ1) is 22.3. The fourth-order valence-corrected chi connectivity index (χ4v) is 3.03. The van der Waals surface area contributed by atoms with Gasteiger partial charge >= 0.3 is 5.97 Å². The SMILES string of the molecule is COc1cc(SC)ccc1C(=O)OCC(=O)NCC(=O)Nc1c(C)cccc1C. The van der Waals surface area contributed by atoms with E-state index in [9.17, 15) is 14.4 Å². The van der Waals surface area contributed by atoms with Gasteiger partial charge < -0.3 is 20.1 Å². The summed E-state index contributed by atoms with van der Waals surface area (Å²) in [7, 11) is 1.46. The maximum Gasteiger partial charge on any atom is 0.342 e. The molecule has 2 aromatic rings. The molecule has 0 radical (unpaired) electrons. The van der Waals surface area contributed by atoms with Crippen molar-refractivity contribution < 1.29 is 23.9 Å². The van der Waals surface area contributed by atoms with Crippen LogP contribution in [0.25, 0.3) is 0 Å². The lowest BCUT2D eigenvalue weighted by Gasteiger charge is -2.12. The first-order valence-electron chi connectivity index (χ1n) is 8.87. The van der Waals surface area contributed by atoms with Gasteiger partial charge in [-0.15, -0.1) is 11.8 Å². The van der Waals surface area contributed by atoms with Crippen LogP contribution in [0.3, 0.4) is 0 Å². The van der Waals surface area contributed by atoms with Crippen molar-refractivity contribution in [3.8, 4) is 5.75 Å². The molecule has 154 valence electrons. The smallest absolute Gasteiger partial charge is 0.342 e. The van der Waals surface area contributed by atoms with Crippen LogP contribution in [0, 0.1) is 13.8 Å². The minimum Gasteiger partial charge on any atom is -0.496 e. The number of ether oxygens (including phenoxy) is 2. The molecule has 29 heavy (non-hydrogen) atoms. The predicted octanol–water partition coefficient (Wildman–Crippen LogP) is 2.95. The standard InChI is InChI=1S/C21H24N2O5S/c1-13-6-5-7-14(2)20(13)23-18(24)11-22-19(25)12-28-21(26)16-9-8-15(29-4)10-17(16)27-3/h5-10H,11-12H2,1-4H3,(H,22,25)(H,23,24). The number of benzene rings is 2. The maximum absolute atomic E-state index is 12.2. The number of amides is 2. The number of carbonyl (C=O) groups excluding carboxylic acids is 3. The Kier molecular flexibility index (Phi) is 8.09. The minimum atomic E-state index is -0.676. The van der Waals surface area contributed by atoms with Gasteiger partial charge in [0.2, 0.25) is 5.91 Å². The summed E-state index contributed by atoms with van der Waals surface area (Å²) in [5.74, 6) is -1.24. The van der Waals surface area contributed by atoms with Crippen molar-refractivity contribution in [2.24, 2.45) is 0 Å². The number of hydrogen-bond acceptors (Lipinski definition) is 6. The molecule has 2 rings (SSSR count). The predicted molar refractivity (Wildman–Crippen MR) is 113 cm³/mol. The van der Waals surface area contributed by atoms with Gasteiger partial charge in [0, 0.05) is 10.6 Å². The molecule has 0 aliphatic heterocycles. The zero-order chi connectivity index (χ0) is 21.4. The highest BCUT2D eigenvalue weighted by Gasteiger charge is 2.16. The van der Waals surface area contributed by atoms with E-state index in [0.29, 0.717) is 5.75 Å². The number of esters is 1. The third kappa shape index (κ3) is 6.25. The van der Waals surface area contributed by atoms with Crippen LogP contribution < -0.4 is 15.4 Å². The van der Waals surface area contributed by atoms with Crippen LogP contribution in [0.1, 0.15) is 21.5 Å². The van der Waals surface area contributed by atoms with E-state index in [0.717, 1.165) is 21.7 Å². The van der Waals surface area contributed by atoms with Crippen LogP contribution in [0.15, 0.2) is 41.3 Å². The number of para-hydroxylation sites is 1. The van der Waals surface area contributed by atoms with E-state index in [1.807, 2.05) is 38.3 Å². The summed E-state index contributed by atoms with van der Waals surface area (Å²) in [6.45, 7) is 3.06. The number of rotatable bonds is 8. The summed E-state index contributed by atoms with van der Waals surface area (Å²) in [6.07, 6.45) is 1.91. The van der Waals surface area contributed by atoms with E-state index >= 15 is 0 Å². The van der Waals surface area contributed by atoms with Crippen molar-refractivity contribution in [3.63, 3.8) is 0 Å². The summed E-state index contributed by atoms with van der Waals surface area (Å²) >= 11 is 1.51. The number of carbonyl (C=O) groups is 3. The molecular formula is C21H24N2O5S. The second kappa shape index (κ2) is 10.5. The van der Waals surface area contributed by atoms with Gasteiger partial charge in [0.05, 0.1) is 13.7 Å². The van der Waals surface area contributed by atoms with Crippen LogP contribution in [-0.2, 0) is 14.3 Å². The topological polar surface area (TPSA) is 93.7 Å². The fraction of sp³-hybridized carbons (Fsp3) is 0.286. The Hall–Kier alpha value is -3.00. The number of aryl methyl sites for hydroxylation is 2. The van der Waals surface area contributed by atoms with Crippen molar-refractivity contribution in [2.45, 2.75) is 18.7 Å². The Balaban J connectivity index is 1.84. The molecule has 0 saturated heterocycles. The molecule has 2 N–H and O–H groups in total. The van der Waals surface area contributed by atoms with Crippen LogP contribution in [0.2, 0.25) is 0 Å². The second-order valence-corrected chi connectivity index (χ2v) is 7.11. The van der Waals surface area contributed by atoms with Crippen LogP contribution in [0.5, 0.6) is 5.75 Å². The van der Waals surface area contributed by atoms with E-state index in [4.69, 9.17) is 9.47 Å². The maximum atomic E-state index is 12.2. The zero-order valence-corrected chi connectivity index (χ0v) is 17.6. The Morgan fingerprint density at radius 2 is 1.72 bits per heavy atom. The molecule has 0 saturated carbocycles. The molecule has 2 aromatic carbocycles. The molecule has 8 heteroatoms. The molecule has 0 spiro atoms. The molecular weight excluding hydrogens is 392 g/mol. The molecule has 0 aromatic heterocycles. The third-order valence-electron chi connectivity index (χ3n) is 4.15. The summed E-state index contributed by atoms with van der Waals surface area (Å²) < 4.78 is 10.2. The van der Waals surface area contributed by atoms with Gasteiger partial charge in [-0.2, -0.15) is 0 Å². The number of methoxy groups -OCH3 is 1. The average Bonchev–Trinajstić information content (AvgIpc) is 2.72. The lowest BCUT2D eigenvalue weighted by Crippen LogP contribution is -2.35. The van der Waals surface area contributed by atoms with Gasteiger partial charge in [0.1, 0.15) is 11.3 Å². The third-order valence-corrected chi connectivity index (χ3v) is 4.88. The molecule has 0 unspecified atom stereocenters. The second-order valence-electron chi connectivity index (χ2n) is 6.23. The Labute approximate surface area is 174 Å². The summed E-state index contributed by atoms with van der Waals surface area (Å²) in [6, 6.07) is 10.8. The normalized spacial score (nSPS) is 10.2. The van der Waals surface area contributed by atoms with Crippen LogP contribution in [0.4, 0.5) is 5.69 Å². The van der Waals surface area contributed by atoms with Crippen molar-refractivity contribution in [1.82, 2.24) is 5.32 Å². The van der Waals surface area contributed by atoms with Crippen molar-refractivity contribution in [1.29, 1.82) is 0 Å². The Morgan fingerprint density at radius 1 is 1.03 bits per heavy atom. The minimum absolute atomic E-state index is 0.226. The van der Waals surface area contributed by atoms with E-state index < -0.39 is 18.5 Å². The van der Waals surface area contributed by atoms with Gasteiger partial charge in [-0.3, -0.25) is 9.59 Å². The number of nitrogens with one attached hydrogen (secondary N) is 2. The van der Waals surface area contributed by atoms with E-state index in [1.54, 1.807) is 18.2 Å². The average molecular weight is 416 g/mol. The highest BCUT2D eigenvalue weighted by Crippen LogP contribution is 2.25. The molecule has 7 nitrogen and oxygen atoms in total. The monoisotopic (exact) mass is 416 g/mol. The van der Waals surface area contributed by atoms with Crippen molar-refractivity contribution in [3.05, 3.63) is 53.1 Å². The number of hydrogen-bond donors (Lipinski definition) is 2. The van der Waals surface area contributed by atoms with Crippen molar-refractivity contribution >= 4 is 35.2 Å². The van der Waals surface area contributed by atoms with Gasteiger partial charge in [-0.25, -0.2) is 4.79 Å². The van der Waals surface area contributed by atoms with Gasteiger partial charge in [-0.1, -0.05) is 18.2 Å². The largest absolute Gasteiger partial charge is 0.496 e. The zero-order valence-electron chi connectivity index (χ0n) is 16.8. The Morgan fingerprint density at radius 3 is 2.34 bits per heavy atom. The number of anilines is 1. The molecule has 2 amide bonds. The molecule has 0 atom stereocenters. The van der Waals surface area contributed by atoms with Crippen LogP contribution >= 0.6 is 11.8 Å². The van der Waals surface area contributed by atoms with Gasteiger partial charge in [-0.05, 0) is 49.4 Å². The molecule has 0 heterocycles. The summed E-state index contributed by atoms with van der Waals surface area (Å²) in [5.41, 5.74) is 2.81. The first-order valence-corrected chi connectivity index (χ1v) is 10.1. The van der Waals surface area contributed by atoms with E-state index in [-0.39, 0.29) is 18.0 Å². The lowest BCUT2D eigenvalue weighted by molar-refractivity contribution is -0.126. The fourth-order valence-electron chi connectivity index (χ4n) is 2.60. The summed E-state index contributed by atoms with van der Waals surface area (Å²) in [5, 5.41) is 5.20. The quantitative estimate of drug-likeness (QED) is 0.508. The highest BCUT2D eigenvalue weighted by atomic mass is 32.2. The number of thioether (sulfide) groups is 1. The van der Waals surface area contributed by atoms with E-state index in [1.165, 1.54) is 18.9 Å².